The summed E-state index contributed by atoms with van der Waals surface area (Å²) in [6.07, 6.45) is 1.72. The van der Waals surface area contributed by atoms with E-state index in [0.29, 0.717) is 13.2 Å². The van der Waals surface area contributed by atoms with Crippen molar-refractivity contribution < 1.29 is 13.2 Å². The average molecular weight is 279 g/mol. The van der Waals surface area contributed by atoms with Crippen LogP contribution >= 0.6 is 0 Å². The van der Waals surface area contributed by atoms with E-state index in [0.717, 1.165) is 26.0 Å². The molecule has 2 unspecified atom stereocenters. The summed E-state index contributed by atoms with van der Waals surface area (Å²) in [5.74, 6) is 0.283. The highest BCUT2D eigenvalue weighted by Crippen LogP contribution is 2.17. The molecular weight excluding hydrogens is 254 g/mol. The Morgan fingerprint density at radius 3 is 2.78 bits per heavy atom. The van der Waals surface area contributed by atoms with Gasteiger partial charge in [0.1, 0.15) is 0 Å². The van der Waals surface area contributed by atoms with Crippen LogP contribution in [0.2, 0.25) is 0 Å². The van der Waals surface area contributed by atoms with E-state index in [4.69, 9.17) is 4.74 Å². The Kier molecular flexibility index (Phi) is 6.51. The van der Waals surface area contributed by atoms with Gasteiger partial charge in [-0.05, 0) is 33.4 Å². The van der Waals surface area contributed by atoms with E-state index in [1.165, 1.54) is 4.31 Å². The molecule has 0 aromatic heterocycles. The summed E-state index contributed by atoms with van der Waals surface area (Å²) < 4.78 is 33.5. The van der Waals surface area contributed by atoms with Crippen LogP contribution in [0.25, 0.3) is 0 Å². The molecule has 2 N–H and O–H groups in total. The zero-order chi connectivity index (χ0) is 13.6. The molecule has 1 aliphatic rings. The predicted octanol–water partition coefficient (Wildman–Crippen LogP) is -0.213. The SMILES string of the molecule is CNCCCN(C)S(=O)(=O)NC(C)C1CCOC1. The van der Waals surface area contributed by atoms with Crippen LogP contribution in [-0.4, -0.2) is 59.2 Å². The highest BCUT2D eigenvalue weighted by atomic mass is 32.2. The van der Waals surface area contributed by atoms with Gasteiger partial charge in [-0.1, -0.05) is 0 Å². The lowest BCUT2D eigenvalue weighted by molar-refractivity contribution is 0.180. The van der Waals surface area contributed by atoms with E-state index in [9.17, 15) is 8.42 Å². The lowest BCUT2D eigenvalue weighted by Crippen LogP contribution is -2.46. The van der Waals surface area contributed by atoms with Gasteiger partial charge in [0.2, 0.25) is 0 Å². The van der Waals surface area contributed by atoms with Crippen LogP contribution in [0.3, 0.4) is 0 Å². The zero-order valence-corrected chi connectivity index (χ0v) is 12.3. The summed E-state index contributed by atoms with van der Waals surface area (Å²) in [6.45, 7) is 4.61. The van der Waals surface area contributed by atoms with Gasteiger partial charge in [-0.25, -0.2) is 0 Å². The van der Waals surface area contributed by atoms with Crippen LogP contribution in [0.1, 0.15) is 19.8 Å². The maximum Gasteiger partial charge on any atom is 0.279 e. The molecule has 0 radical (unpaired) electrons. The molecule has 0 aromatic rings. The van der Waals surface area contributed by atoms with Gasteiger partial charge in [-0.3, -0.25) is 0 Å². The number of ether oxygens (including phenoxy) is 1. The van der Waals surface area contributed by atoms with Gasteiger partial charge in [-0.2, -0.15) is 17.4 Å². The lowest BCUT2D eigenvalue weighted by atomic mass is 10.0. The highest BCUT2D eigenvalue weighted by Gasteiger charge is 2.27. The van der Waals surface area contributed by atoms with Gasteiger partial charge >= 0.3 is 0 Å². The Bertz CT molecular complexity index is 328. The van der Waals surface area contributed by atoms with E-state index in [2.05, 4.69) is 10.0 Å². The molecular formula is C11H25N3O3S. The van der Waals surface area contributed by atoms with Gasteiger partial charge in [-0.15, -0.1) is 0 Å². The van der Waals surface area contributed by atoms with Crippen LogP contribution in [0.5, 0.6) is 0 Å². The van der Waals surface area contributed by atoms with E-state index >= 15 is 0 Å². The number of rotatable bonds is 8. The molecule has 0 spiro atoms. The predicted molar refractivity (Wildman–Crippen MR) is 71.6 cm³/mol. The molecule has 18 heavy (non-hydrogen) atoms. The van der Waals surface area contributed by atoms with E-state index in [1.807, 2.05) is 14.0 Å². The van der Waals surface area contributed by atoms with Gasteiger partial charge in [0, 0.05) is 32.2 Å². The van der Waals surface area contributed by atoms with Crippen molar-refractivity contribution in [2.24, 2.45) is 5.92 Å². The summed E-state index contributed by atoms with van der Waals surface area (Å²) in [5.41, 5.74) is 0. The third kappa shape index (κ3) is 4.81. The molecule has 1 heterocycles. The number of hydrogen-bond donors (Lipinski definition) is 2. The fourth-order valence-corrected chi connectivity index (χ4v) is 3.18. The van der Waals surface area contributed by atoms with Crippen molar-refractivity contribution in [3.8, 4) is 0 Å². The fraction of sp³-hybridized carbons (Fsp3) is 1.00. The molecule has 1 aliphatic heterocycles. The molecule has 0 saturated carbocycles. The van der Waals surface area contributed by atoms with Crippen molar-refractivity contribution in [1.82, 2.24) is 14.3 Å². The van der Waals surface area contributed by atoms with Crippen molar-refractivity contribution in [3.05, 3.63) is 0 Å². The fourth-order valence-electron chi connectivity index (χ4n) is 1.97. The Labute approximate surface area is 110 Å². The molecule has 0 aromatic carbocycles. The van der Waals surface area contributed by atoms with Gasteiger partial charge < -0.3 is 10.1 Å². The lowest BCUT2D eigenvalue weighted by Gasteiger charge is -2.23. The molecule has 6 nitrogen and oxygen atoms in total. The third-order valence-electron chi connectivity index (χ3n) is 3.32. The van der Waals surface area contributed by atoms with Crippen LogP contribution in [-0.2, 0) is 14.9 Å². The molecule has 108 valence electrons. The molecule has 0 aliphatic carbocycles. The first-order valence-electron chi connectivity index (χ1n) is 6.43. The maximum atomic E-state index is 12.0. The first-order chi connectivity index (χ1) is 8.47. The summed E-state index contributed by atoms with van der Waals surface area (Å²) in [7, 11) is 0.0857. The van der Waals surface area contributed by atoms with E-state index in [-0.39, 0.29) is 12.0 Å². The topological polar surface area (TPSA) is 70.7 Å². The van der Waals surface area contributed by atoms with Gasteiger partial charge in [0.05, 0.1) is 6.61 Å². The second kappa shape index (κ2) is 7.40. The summed E-state index contributed by atoms with van der Waals surface area (Å²) >= 11 is 0. The molecule has 7 heteroatoms. The second-order valence-corrected chi connectivity index (χ2v) is 6.62. The van der Waals surface area contributed by atoms with Crippen molar-refractivity contribution in [1.29, 1.82) is 0 Å². The standard InChI is InChI=1S/C11H25N3O3S/c1-10(11-5-8-17-9-11)13-18(15,16)14(3)7-4-6-12-2/h10-13H,4-9H2,1-3H3. The van der Waals surface area contributed by atoms with Crippen molar-refractivity contribution in [2.45, 2.75) is 25.8 Å². The molecule has 0 amide bonds. The Balaban J connectivity index is 2.41. The zero-order valence-electron chi connectivity index (χ0n) is 11.5. The van der Waals surface area contributed by atoms with Gasteiger partial charge in [0.25, 0.3) is 10.2 Å². The molecule has 1 fully saturated rings. The Morgan fingerprint density at radius 2 is 2.22 bits per heavy atom. The van der Waals surface area contributed by atoms with Crippen LogP contribution in [0.15, 0.2) is 0 Å². The van der Waals surface area contributed by atoms with E-state index in [1.54, 1.807) is 7.05 Å². The maximum absolute atomic E-state index is 12.0. The number of nitrogens with one attached hydrogen (secondary N) is 2. The van der Waals surface area contributed by atoms with Crippen LogP contribution in [0, 0.1) is 5.92 Å². The average Bonchev–Trinajstić information content (AvgIpc) is 2.82. The summed E-state index contributed by atoms with van der Waals surface area (Å²) in [6, 6.07) is -0.0794. The third-order valence-corrected chi connectivity index (χ3v) is 4.99. The molecule has 2 atom stereocenters. The quantitative estimate of drug-likeness (QED) is 0.603. The molecule has 0 bridgehead atoms. The minimum atomic E-state index is -3.38. The highest BCUT2D eigenvalue weighted by molar-refractivity contribution is 7.87. The first-order valence-corrected chi connectivity index (χ1v) is 7.87. The summed E-state index contributed by atoms with van der Waals surface area (Å²) in [4.78, 5) is 0. The largest absolute Gasteiger partial charge is 0.381 e. The minimum absolute atomic E-state index is 0.0794. The normalized spacial score (nSPS) is 22.6. The smallest absolute Gasteiger partial charge is 0.279 e. The van der Waals surface area contributed by atoms with Crippen molar-refractivity contribution >= 4 is 10.2 Å². The van der Waals surface area contributed by atoms with Crippen LogP contribution in [0.4, 0.5) is 0 Å². The Morgan fingerprint density at radius 1 is 1.50 bits per heavy atom. The second-order valence-electron chi connectivity index (χ2n) is 4.81. The monoisotopic (exact) mass is 279 g/mol. The minimum Gasteiger partial charge on any atom is -0.381 e. The van der Waals surface area contributed by atoms with Crippen molar-refractivity contribution in [2.75, 3.05) is 40.4 Å². The van der Waals surface area contributed by atoms with Crippen molar-refractivity contribution in [3.63, 3.8) is 0 Å². The number of hydrogen-bond acceptors (Lipinski definition) is 4. The summed E-state index contributed by atoms with van der Waals surface area (Å²) in [5, 5.41) is 3.00. The Hall–Kier alpha value is -0.210. The van der Waals surface area contributed by atoms with Gasteiger partial charge in [0.15, 0.2) is 0 Å². The number of nitrogens with zero attached hydrogens (tertiary/aromatic N) is 1. The van der Waals surface area contributed by atoms with Crippen LogP contribution < -0.4 is 10.0 Å². The van der Waals surface area contributed by atoms with E-state index < -0.39 is 10.2 Å². The first kappa shape index (κ1) is 15.8. The molecule has 1 rings (SSSR count). The molecule has 1 saturated heterocycles.